The van der Waals surface area contributed by atoms with E-state index in [4.69, 9.17) is 16.3 Å². The highest BCUT2D eigenvalue weighted by molar-refractivity contribution is 6.32. The number of likely N-dealkylation sites (tertiary alicyclic amines) is 1. The number of hydrogen-bond acceptors (Lipinski definition) is 7. The monoisotopic (exact) mass is 526 g/mol. The largest absolute Gasteiger partial charge is 0.497 e. The normalized spacial score (nSPS) is 16.4. The van der Waals surface area contributed by atoms with Crippen molar-refractivity contribution in [2.45, 2.75) is 51.0 Å². The Morgan fingerprint density at radius 3 is 2.76 bits per heavy atom. The molecular formula is C28H35ClN4O4. The molecule has 4 rings (SSSR count). The molecule has 9 heteroatoms. The topological polar surface area (TPSA) is 108 Å². The molecule has 3 aromatic rings. The third kappa shape index (κ3) is 6.57. The van der Waals surface area contributed by atoms with E-state index in [-0.39, 0.29) is 5.91 Å². The molecule has 3 N–H and O–H groups in total. The van der Waals surface area contributed by atoms with E-state index < -0.39 is 11.5 Å². The van der Waals surface area contributed by atoms with Gasteiger partial charge in [0.05, 0.1) is 29.2 Å². The van der Waals surface area contributed by atoms with Gasteiger partial charge in [0.15, 0.2) is 0 Å². The summed E-state index contributed by atoms with van der Waals surface area (Å²) in [5.41, 5.74) is 3.68. The van der Waals surface area contributed by atoms with Gasteiger partial charge in [0.2, 0.25) is 5.91 Å². The number of unbranched alkanes of at least 4 members (excludes halogenated alkanes) is 1. The predicted molar refractivity (Wildman–Crippen MR) is 143 cm³/mol. The Bertz CT molecular complexity index is 1190. The van der Waals surface area contributed by atoms with Crippen molar-refractivity contribution in [2.75, 3.05) is 26.7 Å². The Kier molecular flexibility index (Phi) is 9.32. The standard InChI is InChI=1S/C28H35ClN4O4/c1-37-21-7-8-24-22(17-21)26(23(29)19-31-24)25(34)9-10-28(27(35)32-36)11-15-33(16-12-28)14-3-2-5-20-6-4-13-30-18-20/h4,6-8,13,17-19,25,34,36H,2-3,5,9-12,14-16H2,1H3,(H,32,35). The molecule has 37 heavy (non-hydrogen) atoms. The van der Waals surface area contributed by atoms with Gasteiger partial charge in [-0.2, -0.15) is 0 Å². The number of carbonyl (C=O) groups is 1. The lowest BCUT2D eigenvalue weighted by Gasteiger charge is -2.40. The first-order valence-corrected chi connectivity index (χ1v) is 13.2. The lowest BCUT2D eigenvalue weighted by molar-refractivity contribution is -0.143. The molecule has 1 aliphatic heterocycles. The quantitative estimate of drug-likeness (QED) is 0.188. The minimum atomic E-state index is -0.890. The van der Waals surface area contributed by atoms with E-state index in [1.165, 1.54) is 11.8 Å². The van der Waals surface area contributed by atoms with Crippen molar-refractivity contribution in [3.63, 3.8) is 0 Å². The van der Waals surface area contributed by atoms with Gasteiger partial charge in [0.25, 0.3) is 0 Å². The molecule has 0 bridgehead atoms. The maximum Gasteiger partial charge on any atom is 0.249 e. The number of nitrogens with zero attached hydrogens (tertiary/aromatic N) is 3. The van der Waals surface area contributed by atoms with Gasteiger partial charge >= 0.3 is 0 Å². The molecule has 3 heterocycles. The van der Waals surface area contributed by atoms with Crippen LogP contribution < -0.4 is 10.2 Å². The fourth-order valence-electron chi connectivity index (χ4n) is 5.32. The summed E-state index contributed by atoms with van der Waals surface area (Å²) in [5.74, 6) is 0.261. The van der Waals surface area contributed by atoms with Crippen LogP contribution in [0.4, 0.5) is 0 Å². The van der Waals surface area contributed by atoms with Crippen LogP contribution in [-0.4, -0.2) is 57.8 Å². The number of piperidine rings is 1. The molecule has 0 radical (unpaired) electrons. The summed E-state index contributed by atoms with van der Waals surface area (Å²) < 4.78 is 5.34. The van der Waals surface area contributed by atoms with Crippen LogP contribution in [-0.2, 0) is 11.2 Å². The fourth-order valence-corrected chi connectivity index (χ4v) is 5.59. The summed E-state index contributed by atoms with van der Waals surface area (Å²) in [6.07, 6.45) is 9.51. The van der Waals surface area contributed by atoms with Gasteiger partial charge < -0.3 is 14.7 Å². The zero-order valence-electron chi connectivity index (χ0n) is 21.2. The lowest BCUT2D eigenvalue weighted by Crippen LogP contribution is -2.48. The highest BCUT2D eigenvalue weighted by atomic mass is 35.5. The summed E-state index contributed by atoms with van der Waals surface area (Å²) >= 11 is 6.47. The summed E-state index contributed by atoms with van der Waals surface area (Å²) in [5, 5.41) is 21.8. The number of ether oxygens (including phenoxy) is 1. The summed E-state index contributed by atoms with van der Waals surface area (Å²) in [7, 11) is 1.58. The van der Waals surface area contributed by atoms with Crippen LogP contribution in [0.1, 0.15) is 55.8 Å². The Hall–Kier alpha value is -2.78. The molecule has 1 unspecified atom stereocenters. The van der Waals surface area contributed by atoms with Crippen LogP contribution in [0.2, 0.25) is 5.02 Å². The molecule has 0 aliphatic carbocycles. The van der Waals surface area contributed by atoms with Crippen molar-refractivity contribution in [1.82, 2.24) is 20.3 Å². The van der Waals surface area contributed by atoms with Crippen LogP contribution in [0.3, 0.4) is 0 Å². The van der Waals surface area contributed by atoms with Crippen molar-refractivity contribution in [3.05, 3.63) is 65.1 Å². The van der Waals surface area contributed by atoms with Gasteiger partial charge in [0.1, 0.15) is 5.75 Å². The lowest BCUT2D eigenvalue weighted by atomic mass is 9.73. The molecule has 0 spiro atoms. The molecule has 1 atom stereocenters. The van der Waals surface area contributed by atoms with E-state index >= 15 is 0 Å². The van der Waals surface area contributed by atoms with Gasteiger partial charge in [-0.05, 0) is 94.4 Å². The Morgan fingerprint density at radius 1 is 1.24 bits per heavy atom. The van der Waals surface area contributed by atoms with Gasteiger partial charge in [-0.15, -0.1) is 0 Å². The maximum atomic E-state index is 12.8. The molecule has 1 aromatic carbocycles. The Morgan fingerprint density at radius 2 is 2.05 bits per heavy atom. The number of aliphatic hydroxyl groups is 1. The number of pyridine rings is 2. The number of fused-ring (bicyclic) bond motifs is 1. The zero-order valence-corrected chi connectivity index (χ0v) is 22.0. The minimum Gasteiger partial charge on any atom is -0.497 e. The van der Waals surface area contributed by atoms with Gasteiger partial charge in [-0.3, -0.25) is 20.0 Å². The highest BCUT2D eigenvalue weighted by Gasteiger charge is 2.41. The van der Waals surface area contributed by atoms with Crippen LogP contribution in [0.25, 0.3) is 10.9 Å². The zero-order chi connectivity index (χ0) is 26.3. The van der Waals surface area contributed by atoms with Crippen LogP contribution in [0.5, 0.6) is 5.75 Å². The van der Waals surface area contributed by atoms with Gasteiger partial charge in [-0.1, -0.05) is 17.7 Å². The SMILES string of the molecule is COc1ccc2ncc(Cl)c(C(O)CCC3(C(=O)NO)CCN(CCCCc4cccnc4)CC3)c2c1. The van der Waals surface area contributed by atoms with Crippen LogP contribution >= 0.6 is 11.6 Å². The Balaban J connectivity index is 1.36. The van der Waals surface area contributed by atoms with E-state index in [0.717, 1.165) is 44.3 Å². The number of hydrogen-bond donors (Lipinski definition) is 3. The number of amides is 1. The van der Waals surface area contributed by atoms with E-state index in [9.17, 15) is 15.1 Å². The minimum absolute atomic E-state index is 0.328. The van der Waals surface area contributed by atoms with Crippen molar-refractivity contribution in [2.24, 2.45) is 5.41 Å². The number of aromatic nitrogens is 2. The number of aryl methyl sites for hydroxylation is 1. The van der Waals surface area contributed by atoms with E-state index in [1.54, 1.807) is 13.3 Å². The average molecular weight is 527 g/mol. The second-order valence-corrected chi connectivity index (χ2v) is 10.2. The first-order valence-electron chi connectivity index (χ1n) is 12.8. The average Bonchev–Trinajstić information content (AvgIpc) is 2.94. The maximum absolute atomic E-state index is 12.8. The molecule has 198 valence electrons. The summed E-state index contributed by atoms with van der Waals surface area (Å²) in [6, 6.07) is 9.52. The first kappa shape index (κ1) is 27.3. The van der Waals surface area contributed by atoms with Gasteiger partial charge in [-0.25, -0.2) is 5.48 Å². The third-order valence-corrected chi connectivity index (χ3v) is 7.91. The smallest absolute Gasteiger partial charge is 0.249 e. The second-order valence-electron chi connectivity index (χ2n) is 9.84. The van der Waals surface area contributed by atoms with Crippen molar-refractivity contribution in [1.29, 1.82) is 0 Å². The number of rotatable bonds is 11. The van der Waals surface area contributed by atoms with Crippen molar-refractivity contribution in [3.8, 4) is 5.75 Å². The van der Waals surface area contributed by atoms with Crippen molar-refractivity contribution < 1.29 is 19.8 Å². The number of aliphatic hydroxyl groups excluding tert-OH is 1. The number of nitrogens with one attached hydrogen (secondary N) is 1. The van der Waals surface area contributed by atoms with Crippen LogP contribution in [0, 0.1) is 5.41 Å². The molecule has 1 aliphatic rings. The third-order valence-electron chi connectivity index (χ3n) is 7.61. The molecule has 8 nitrogen and oxygen atoms in total. The molecular weight excluding hydrogens is 492 g/mol. The van der Waals surface area contributed by atoms with Crippen molar-refractivity contribution >= 4 is 28.4 Å². The number of hydroxylamine groups is 1. The fraction of sp³-hybridized carbons (Fsp3) is 0.464. The first-order chi connectivity index (χ1) is 18.0. The van der Waals surface area contributed by atoms with E-state index in [2.05, 4.69) is 20.9 Å². The summed E-state index contributed by atoms with van der Waals surface area (Å²) in [6.45, 7) is 2.51. The number of benzene rings is 1. The number of carbonyl (C=O) groups excluding carboxylic acids is 1. The molecule has 1 fully saturated rings. The molecule has 0 saturated carbocycles. The van der Waals surface area contributed by atoms with E-state index in [0.29, 0.717) is 47.5 Å². The Labute approximate surface area is 222 Å². The van der Waals surface area contributed by atoms with Crippen LogP contribution in [0.15, 0.2) is 48.9 Å². The highest BCUT2D eigenvalue weighted by Crippen LogP contribution is 2.41. The van der Waals surface area contributed by atoms with E-state index in [1.807, 2.05) is 35.9 Å². The molecule has 1 amide bonds. The number of halogens is 1. The number of methoxy groups -OCH3 is 1. The van der Waals surface area contributed by atoms with Gasteiger partial charge in [0, 0.05) is 29.5 Å². The second kappa shape index (κ2) is 12.6. The predicted octanol–water partition coefficient (Wildman–Crippen LogP) is 4.72. The molecule has 2 aromatic heterocycles. The molecule has 1 saturated heterocycles. The summed E-state index contributed by atoms with van der Waals surface area (Å²) in [4.78, 5) is 23.7.